The molecule has 2 rings (SSSR count). The van der Waals surface area contributed by atoms with E-state index in [2.05, 4.69) is 10.6 Å². The fourth-order valence-corrected chi connectivity index (χ4v) is 3.09. The molecule has 1 heterocycles. The molecule has 2 N–H and O–H groups in total. The molecule has 29 heavy (non-hydrogen) atoms. The number of hydrogen-bond donors (Lipinski definition) is 2. The quantitative estimate of drug-likeness (QED) is 0.442. The maximum absolute atomic E-state index is 12.5. The van der Waals surface area contributed by atoms with Crippen LogP contribution in [0.4, 0.5) is 4.79 Å². The van der Waals surface area contributed by atoms with Crippen molar-refractivity contribution in [2.45, 2.75) is 45.1 Å². The second kappa shape index (κ2) is 10.2. The van der Waals surface area contributed by atoms with Crippen molar-refractivity contribution in [3.05, 3.63) is 34.9 Å². The summed E-state index contributed by atoms with van der Waals surface area (Å²) in [7, 11) is 0. The number of nitrogens with one attached hydrogen (secondary N) is 2. The van der Waals surface area contributed by atoms with Crippen LogP contribution >= 0.6 is 11.6 Å². The maximum atomic E-state index is 12.5. The van der Waals surface area contributed by atoms with Crippen LogP contribution in [0.15, 0.2) is 24.3 Å². The minimum absolute atomic E-state index is 0.376. The van der Waals surface area contributed by atoms with E-state index in [9.17, 15) is 19.2 Å². The van der Waals surface area contributed by atoms with Gasteiger partial charge in [0.25, 0.3) is 11.8 Å². The van der Waals surface area contributed by atoms with Crippen molar-refractivity contribution < 1.29 is 23.9 Å². The highest BCUT2D eigenvalue weighted by Gasteiger charge is 2.47. The molecule has 0 spiro atoms. The van der Waals surface area contributed by atoms with Crippen LogP contribution in [0.2, 0.25) is 5.02 Å². The fraction of sp³-hybridized carbons (Fsp3) is 0.500. The van der Waals surface area contributed by atoms with Gasteiger partial charge < -0.3 is 15.4 Å². The van der Waals surface area contributed by atoms with Gasteiger partial charge in [-0.05, 0) is 37.5 Å². The van der Waals surface area contributed by atoms with E-state index >= 15 is 0 Å². The molecule has 1 aliphatic heterocycles. The van der Waals surface area contributed by atoms with Crippen molar-refractivity contribution >= 4 is 35.4 Å². The lowest BCUT2D eigenvalue weighted by atomic mass is 9.95. The van der Waals surface area contributed by atoms with Crippen LogP contribution in [0.3, 0.4) is 0 Å². The van der Waals surface area contributed by atoms with Gasteiger partial charge in [0, 0.05) is 11.6 Å². The number of carbonyl (C=O) groups is 4. The average Bonchev–Trinajstić information content (AvgIpc) is 2.90. The van der Waals surface area contributed by atoms with Crippen LogP contribution < -0.4 is 10.6 Å². The van der Waals surface area contributed by atoms with Gasteiger partial charge in [-0.15, -0.1) is 0 Å². The summed E-state index contributed by atoms with van der Waals surface area (Å²) in [6, 6.07) is 6.63. The first-order chi connectivity index (χ1) is 13.7. The number of amides is 4. The number of carbonyl (C=O) groups excluding carboxylic acids is 4. The van der Waals surface area contributed by atoms with Crippen molar-refractivity contribution in [1.82, 2.24) is 15.5 Å². The van der Waals surface area contributed by atoms with E-state index in [4.69, 9.17) is 16.3 Å². The highest BCUT2D eigenvalue weighted by Crippen LogP contribution is 2.23. The third-order valence-corrected chi connectivity index (χ3v) is 4.93. The highest BCUT2D eigenvalue weighted by molar-refractivity contribution is 6.30. The molecular formula is C20H26ClN3O5. The summed E-state index contributed by atoms with van der Waals surface area (Å²) in [6.07, 6.45) is 2.76. The molecule has 1 fully saturated rings. The van der Waals surface area contributed by atoms with Crippen LogP contribution in [0, 0.1) is 0 Å². The van der Waals surface area contributed by atoms with Crippen LogP contribution in [0.5, 0.6) is 0 Å². The molecule has 4 amide bonds. The molecule has 1 atom stereocenters. The second-order valence-electron chi connectivity index (χ2n) is 7.14. The third-order valence-electron chi connectivity index (χ3n) is 4.68. The number of hydrogen-bond acceptors (Lipinski definition) is 5. The number of benzene rings is 1. The van der Waals surface area contributed by atoms with Gasteiger partial charge in [-0.2, -0.15) is 0 Å². The van der Waals surface area contributed by atoms with Crippen molar-refractivity contribution in [3.8, 4) is 0 Å². The molecule has 0 unspecified atom stereocenters. The number of rotatable bonds is 10. The van der Waals surface area contributed by atoms with Gasteiger partial charge in [-0.3, -0.25) is 19.3 Å². The lowest BCUT2D eigenvalue weighted by Crippen LogP contribution is -2.44. The van der Waals surface area contributed by atoms with Crippen molar-refractivity contribution in [3.63, 3.8) is 0 Å². The number of urea groups is 1. The Hall–Kier alpha value is -2.61. The molecule has 0 radical (unpaired) electrons. The normalized spacial score (nSPS) is 18.5. The zero-order chi connectivity index (χ0) is 21.4. The molecule has 8 nitrogen and oxygen atoms in total. The predicted molar refractivity (Wildman–Crippen MR) is 107 cm³/mol. The summed E-state index contributed by atoms with van der Waals surface area (Å²) >= 11 is 5.82. The predicted octanol–water partition coefficient (Wildman–Crippen LogP) is 2.04. The highest BCUT2D eigenvalue weighted by atomic mass is 35.5. The van der Waals surface area contributed by atoms with Crippen LogP contribution in [0.25, 0.3) is 0 Å². The van der Waals surface area contributed by atoms with Gasteiger partial charge in [-0.1, -0.05) is 43.5 Å². The van der Waals surface area contributed by atoms with Gasteiger partial charge >= 0.3 is 12.0 Å². The lowest BCUT2D eigenvalue weighted by molar-refractivity contribution is -0.151. The first-order valence-corrected chi connectivity index (χ1v) is 9.94. The molecule has 9 heteroatoms. The smallest absolute Gasteiger partial charge is 0.326 e. The second-order valence-corrected chi connectivity index (χ2v) is 7.58. The Labute approximate surface area is 174 Å². The molecule has 0 aromatic heterocycles. The van der Waals surface area contributed by atoms with Crippen molar-refractivity contribution in [2.24, 2.45) is 0 Å². The van der Waals surface area contributed by atoms with Gasteiger partial charge in [0.05, 0.1) is 0 Å². The molecule has 1 aromatic rings. The third kappa shape index (κ3) is 6.45. The molecule has 0 aliphatic carbocycles. The lowest BCUT2D eigenvalue weighted by Gasteiger charge is -2.21. The number of unbranched alkanes of at least 4 members (excludes halogenated alkanes) is 1. The zero-order valence-electron chi connectivity index (χ0n) is 16.6. The first-order valence-electron chi connectivity index (χ1n) is 9.56. The van der Waals surface area contributed by atoms with E-state index in [-0.39, 0.29) is 0 Å². The van der Waals surface area contributed by atoms with E-state index in [0.29, 0.717) is 24.4 Å². The zero-order valence-corrected chi connectivity index (χ0v) is 17.4. The maximum Gasteiger partial charge on any atom is 0.326 e. The van der Waals surface area contributed by atoms with E-state index in [1.807, 2.05) is 19.1 Å². The Morgan fingerprint density at radius 1 is 1.24 bits per heavy atom. The van der Waals surface area contributed by atoms with Gasteiger partial charge in [0.15, 0.2) is 6.61 Å². The van der Waals surface area contributed by atoms with Gasteiger partial charge in [0.2, 0.25) is 0 Å². The Bertz CT molecular complexity index is 768. The van der Waals surface area contributed by atoms with Crippen molar-refractivity contribution in [2.75, 3.05) is 19.7 Å². The summed E-state index contributed by atoms with van der Waals surface area (Å²) in [4.78, 5) is 49.1. The fourth-order valence-electron chi connectivity index (χ4n) is 2.96. The standard InChI is InChI=1S/C20H26ClN3O5/c1-3-4-10-20(2)18(27)24(19(28)23-20)12-17(26)29-13-16(25)22-11-9-14-5-7-15(21)8-6-14/h5-8H,3-4,9-13H2,1-2H3,(H,22,25)(H,23,28)/t20-/m0/s1. The van der Waals surface area contributed by atoms with E-state index in [0.717, 1.165) is 23.3 Å². The molecule has 0 saturated carbocycles. The summed E-state index contributed by atoms with van der Waals surface area (Å²) in [5, 5.41) is 5.90. The minimum atomic E-state index is -1.01. The topological polar surface area (TPSA) is 105 Å². The number of esters is 1. The summed E-state index contributed by atoms with van der Waals surface area (Å²) in [5.41, 5.74) is 0.00301. The van der Waals surface area contributed by atoms with Crippen LogP contribution in [-0.2, 0) is 25.5 Å². The van der Waals surface area contributed by atoms with Crippen molar-refractivity contribution in [1.29, 1.82) is 0 Å². The van der Waals surface area contributed by atoms with Gasteiger partial charge in [-0.25, -0.2) is 4.79 Å². The Morgan fingerprint density at radius 3 is 2.59 bits per heavy atom. The number of ether oxygens (including phenoxy) is 1. The van der Waals surface area contributed by atoms with Crippen LogP contribution in [0.1, 0.15) is 38.7 Å². The number of nitrogens with zero attached hydrogens (tertiary/aromatic N) is 1. The molecule has 1 aromatic carbocycles. The summed E-state index contributed by atoms with van der Waals surface area (Å²) in [5.74, 6) is -1.74. The monoisotopic (exact) mass is 423 g/mol. The van der Waals surface area contributed by atoms with E-state index < -0.39 is 42.5 Å². The molecule has 158 valence electrons. The number of imide groups is 1. The van der Waals surface area contributed by atoms with Crippen LogP contribution in [-0.4, -0.2) is 54.0 Å². The Morgan fingerprint density at radius 2 is 1.93 bits per heavy atom. The van der Waals surface area contributed by atoms with E-state index in [1.54, 1.807) is 19.1 Å². The molecular weight excluding hydrogens is 398 g/mol. The minimum Gasteiger partial charge on any atom is -0.454 e. The summed E-state index contributed by atoms with van der Waals surface area (Å²) < 4.78 is 4.89. The Balaban J connectivity index is 1.72. The first kappa shape index (κ1) is 22.7. The Kier molecular flexibility index (Phi) is 8.01. The van der Waals surface area contributed by atoms with E-state index in [1.165, 1.54) is 0 Å². The summed E-state index contributed by atoms with van der Waals surface area (Å²) in [6.45, 7) is 3.00. The molecule has 1 saturated heterocycles. The largest absolute Gasteiger partial charge is 0.454 e. The van der Waals surface area contributed by atoms with Gasteiger partial charge in [0.1, 0.15) is 12.1 Å². The average molecular weight is 424 g/mol. The molecule has 0 bridgehead atoms. The molecule has 1 aliphatic rings. The SMILES string of the molecule is CCCC[C@]1(C)NC(=O)N(CC(=O)OCC(=O)NCCc2ccc(Cl)cc2)C1=O. The number of halogens is 1.